The smallest absolute Gasteiger partial charge is 0.151 e. The molecule has 1 aromatic heterocycles. The van der Waals surface area contributed by atoms with Crippen LogP contribution in [0.1, 0.15) is 49.7 Å². The van der Waals surface area contributed by atoms with Gasteiger partial charge in [-0.15, -0.1) is 0 Å². The van der Waals surface area contributed by atoms with Gasteiger partial charge in [0, 0.05) is 18.4 Å². The summed E-state index contributed by atoms with van der Waals surface area (Å²) >= 11 is 0. The average Bonchev–Trinajstić information content (AvgIpc) is 2.89. The van der Waals surface area contributed by atoms with E-state index in [9.17, 15) is 5.11 Å². The zero-order valence-corrected chi connectivity index (χ0v) is 12.0. The highest BCUT2D eigenvalue weighted by Crippen LogP contribution is 2.24. The van der Waals surface area contributed by atoms with Crippen molar-refractivity contribution in [3.05, 3.63) is 41.0 Å². The molecule has 1 N–H and O–H groups in total. The SMILES string of the molecule is CCc1nc(CC)n(-c2cc(C#N)ccc2C(C)O)n1. The summed E-state index contributed by atoms with van der Waals surface area (Å²) in [5.41, 5.74) is 2.01. The number of nitriles is 1. The molecule has 1 aromatic carbocycles. The van der Waals surface area contributed by atoms with Crippen molar-refractivity contribution in [2.75, 3.05) is 0 Å². The van der Waals surface area contributed by atoms with Crippen molar-refractivity contribution in [2.45, 2.75) is 39.7 Å². The maximum atomic E-state index is 9.91. The number of hydrogen-bond acceptors (Lipinski definition) is 4. The fourth-order valence-corrected chi connectivity index (χ4v) is 2.11. The monoisotopic (exact) mass is 270 g/mol. The lowest BCUT2D eigenvalue weighted by Gasteiger charge is -2.13. The van der Waals surface area contributed by atoms with Gasteiger partial charge in [-0.2, -0.15) is 10.4 Å². The first-order valence-electron chi connectivity index (χ1n) is 6.78. The van der Waals surface area contributed by atoms with E-state index in [0.29, 0.717) is 5.56 Å². The second-order valence-electron chi connectivity index (χ2n) is 4.62. The summed E-state index contributed by atoms with van der Waals surface area (Å²) < 4.78 is 1.74. The molecule has 1 heterocycles. The molecule has 0 aliphatic carbocycles. The molecule has 20 heavy (non-hydrogen) atoms. The fourth-order valence-electron chi connectivity index (χ4n) is 2.11. The summed E-state index contributed by atoms with van der Waals surface area (Å²) in [5, 5.41) is 23.4. The quantitative estimate of drug-likeness (QED) is 0.925. The molecule has 0 fully saturated rings. The van der Waals surface area contributed by atoms with Crippen LogP contribution >= 0.6 is 0 Å². The summed E-state index contributed by atoms with van der Waals surface area (Å²) in [6, 6.07) is 7.34. The third-order valence-electron chi connectivity index (χ3n) is 3.19. The molecular formula is C15H18N4O. The van der Waals surface area contributed by atoms with Crippen molar-refractivity contribution in [1.82, 2.24) is 14.8 Å². The topological polar surface area (TPSA) is 74.7 Å². The molecular weight excluding hydrogens is 252 g/mol. The van der Waals surface area contributed by atoms with E-state index in [2.05, 4.69) is 16.2 Å². The van der Waals surface area contributed by atoms with Crippen LogP contribution in [0.15, 0.2) is 18.2 Å². The Morgan fingerprint density at radius 1 is 1.35 bits per heavy atom. The third-order valence-corrected chi connectivity index (χ3v) is 3.19. The van der Waals surface area contributed by atoms with Gasteiger partial charge in [0.2, 0.25) is 0 Å². The Morgan fingerprint density at radius 3 is 2.65 bits per heavy atom. The summed E-state index contributed by atoms with van der Waals surface area (Å²) in [5.74, 6) is 1.60. The van der Waals surface area contributed by atoms with E-state index in [-0.39, 0.29) is 0 Å². The van der Waals surface area contributed by atoms with Gasteiger partial charge in [-0.3, -0.25) is 0 Å². The van der Waals surface area contributed by atoms with Crippen molar-refractivity contribution < 1.29 is 5.11 Å². The normalized spacial score (nSPS) is 12.2. The first-order valence-corrected chi connectivity index (χ1v) is 6.78. The molecule has 0 spiro atoms. The Kier molecular flexibility index (Phi) is 4.16. The van der Waals surface area contributed by atoms with E-state index in [1.165, 1.54) is 0 Å². The second-order valence-corrected chi connectivity index (χ2v) is 4.62. The molecule has 104 valence electrons. The summed E-state index contributed by atoms with van der Waals surface area (Å²) in [6.45, 7) is 5.71. The van der Waals surface area contributed by atoms with E-state index >= 15 is 0 Å². The van der Waals surface area contributed by atoms with Gasteiger partial charge in [-0.25, -0.2) is 9.67 Å². The number of rotatable bonds is 4. The number of nitrogens with zero attached hydrogens (tertiary/aromatic N) is 4. The van der Waals surface area contributed by atoms with E-state index in [4.69, 9.17) is 5.26 Å². The molecule has 5 nitrogen and oxygen atoms in total. The van der Waals surface area contributed by atoms with Crippen LogP contribution in [0.3, 0.4) is 0 Å². The molecule has 0 bridgehead atoms. The lowest BCUT2D eigenvalue weighted by Crippen LogP contribution is -2.08. The van der Waals surface area contributed by atoms with Crippen LogP contribution in [-0.4, -0.2) is 19.9 Å². The van der Waals surface area contributed by atoms with E-state index in [0.717, 1.165) is 35.7 Å². The van der Waals surface area contributed by atoms with Crippen LogP contribution in [0.2, 0.25) is 0 Å². The summed E-state index contributed by atoms with van der Waals surface area (Å²) in [7, 11) is 0. The maximum Gasteiger partial charge on any atom is 0.151 e. The molecule has 2 aromatic rings. The molecule has 0 saturated heterocycles. The van der Waals surface area contributed by atoms with Gasteiger partial charge in [0.1, 0.15) is 5.82 Å². The van der Waals surface area contributed by atoms with Gasteiger partial charge in [0.25, 0.3) is 0 Å². The Balaban J connectivity index is 2.66. The van der Waals surface area contributed by atoms with Crippen LogP contribution < -0.4 is 0 Å². The van der Waals surface area contributed by atoms with Crippen LogP contribution in [0.4, 0.5) is 0 Å². The van der Waals surface area contributed by atoms with Crippen molar-refractivity contribution in [3.8, 4) is 11.8 Å². The number of aryl methyl sites for hydroxylation is 2. The average molecular weight is 270 g/mol. The minimum Gasteiger partial charge on any atom is -0.389 e. The zero-order valence-electron chi connectivity index (χ0n) is 12.0. The van der Waals surface area contributed by atoms with Crippen molar-refractivity contribution in [3.63, 3.8) is 0 Å². The van der Waals surface area contributed by atoms with E-state index in [1.807, 2.05) is 13.8 Å². The highest BCUT2D eigenvalue weighted by molar-refractivity contribution is 5.48. The Morgan fingerprint density at radius 2 is 2.10 bits per heavy atom. The van der Waals surface area contributed by atoms with Crippen molar-refractivity contribution in [1.29, 1.82) is 5.26 Å². The van der Waals surface area contributed by atoms with Gasteiger partial charge in [-0.1, -0.05) is 19.9 Å². The van der Waals surface area contributed by atoms with E-state index in [1.54, 1.807) is 29.8 Å². The van der Waals surface area contributed by atoms with Gasteiger partial charge in [0.15, 0.2) is 5.82 Å². The third kappa shape index (κ3) is 2.56. The number of aromatic nitrogens is 3. The lowest BCUT2D eigenvalue weighted by atomic mass is 10.1. The van der Waals surface area contributed by atoms with Crippen LogP contribution in [-0.2, 0) is 12.8 Å². The minimum absolute atomic E-state index is 0.542. The van der Waals surface area contributed by atoms with Crippen LogP contribution in [0.25, 0.3) is 5.69 Å². The highest BCUT2D eigenvalue weighted by Gasteiger charge is 2.16. The number of hydrogen-bond donors (Lipinski definition) is 1. The van der Waals surface area contributed by atoms with Crippen molar-refractivity contribution >= 4 is 0 Å². The minimum atomic E-state index is -0.628. The molecule has 0 aliphatic rings. The van der Waals surface area contributed by atoms with E-state index < -0.39 is 6.10 Å². The number of aliphatic hydroxyl groups excluding tert-OH is 1. The Bertz CT molecular complexity index is 652. The van der Waals surface area contributed by atoms with Crippen LogP contribution in [0, 0.1) is 11.3 Å². The molecule has 2 rings (SSSR count). The largest absolute Gasteiger partial charge is 0.389 e. The number of aliphatic hydroxyl groups is 1. The molecule has 1 unspecified atom stereocenters. The predicted molar refractivity (Wildman–Crippen MR) is 75.5 cm³/mol. The predicted octanol–water partition coefficient (Wildman–Crippen LogP) is 2.32. The van der Waals surface area contributed by atoms with Gasteiger partial charge in [-0.05, 0) is 19.1 Å². The molecule has 0 aliphatic heterocycles. The second kappa shape index (κ2) is 5.85. The fraction of sp³-hybridized carbons (Fsp3) is 0.400. The molecule has 5 heteroatoms. The van der Waals surface area contributed by atoms with Crippen molar-refractivity contribution in [2.24, 2.45) is 0 Å². The highest BCUT2D eigenvalue weighted by atomic mass is 16.3. The first-order chi connectivity index (χ1) is 9.60. The first kappa shape index (κ1) is 14.2. The van der Waals surface area contributed by atoms with Gasteiger partial charge < -0.3 is 5.11 Å². The molecule has 0 saturated carbocycles. The molecule has 1 atom stereocenters. The lowest BCUT2D eigenvalue weighted by molar-refractivity contribution is 0.199. The Labute approximate surface area is 118 Å². The number of benzene rings is 1. The molecule has 0 amide bonds. The van der Waals surface area contributed by atoms with Gasteiger partial charge in [0.05, 0.1) is 23.4 Å². The van der Waals surface area contributed by atoms with Crippen LogP contribution in [0.5, 0.6) is 0 Å². The zero-order chi connectivity index (χ0) is 14.7. The summed E-state index contributed by atoms with van der Waals surface area (Å²) in [4.78, 5) is 4.47. The molecule has 0 radical (unpaired) electrons. The maximum absolute atomic E-state index is 9.91. The standard InChI is InChI=1S/C15H18N4O/c1-4-14-17-15(5-2)19(18-14)13-8-11(9-16)6-7-12(13)10(3)20/h6-8,10,20H,4-5H2,1-3H3. The van der Waals surface area contributed by atoms with Gasteiger partial charge >= 0.3 is 0 Å². The Hall–Kier alpha value is -2.19. The summed E-state index contributed by atoms with van der Waals surface area (Å²) in [6.07, 6.45) is 0.863.